The monoisotopic (exact) mass is 422 g/mol. The zero-order chi connectivity index (χ0) is 19.2. The summed E-state index contributed by atoms with van der Waals surface area (Å²) in [6.07, 6.45) is 1.37. The normalized spacial score (nSPS) is 10.9. The molecule has 3 aromatic rings. The van der Waals surface area contributed by atoms with E-state index in [1.54, 1.807) is 54.6 Å². The van der Waals surface area contributed by atoms with E-state index in [0.717, 1.165) is 0 Å². The van der Waals surface area contributed by atoms with Crippen LogP contribution in [-0.2, 0) is 4.79 Å². The molecule has 0 radical (unpaired) electrons. The summed E-state index contributed by atoms with van der Waals surface area (Å²) in [6.45, 7) is -0.195. The fourth-order valence-corrected chi connectivity index (χ4v) is 2.72. The highest BCUT2D eigenvalue weighted by Crippen LogP contribution is 2.31. The quantitative estimate of drug-likeness (QED) is 0.424. The molecule has 0 fully saturated rings. The van der Waals surface area contributed by atoms with Crippen molar-refractivity contribution >= 4 is 46.9 Å². The lowest BCUT2D eigenvalue weighted by Crippen LogP contribution is -2.24. The lowest BCUT2D eigenvalue weighted by atomic mass is 10.2. The molecule has 0 aliphatic carbocycles. The highest BCUT2D eigenvalue weighted by Gasteiger charge is 2.09. The number of halogens is 3. The van der Waals surface area contributed by atoms with E-state index in [9.17, 15) is 4.79 Å². The van der Waals surface area contributed by atoms with Gasteiger partial charge in [-0.15, -0.1) is 0 Å². The number of furan rings is 1. The minimum absolute atomic E-state index is 0.195. The maximum atomic E-state index is 11.8. The second-order valence-corrected chi connectivity index (χ2v) is 6.65. The van der Waals surface area contributed by atoms with Crippen LogP contribution in [0.25, 0.3) is 11.3 Å². The van der Waals surface area contributed by atoms with Crippen molar-refractivity contribution in [2.24, 2.45) is 5.10 Å². The highest BCUT2D eigenvalue weighted by molar-refractivity contribution is 6.35. The van der Waals surface area contributed by atoms with Crippen molar-refractivity contribution in [3.05, 3.63) is 75.4 Å². The number of rotatable bonds is 6. The van der Waals surface area contributed by atoms with Crippen LogP contribution in [0.15, 0.2) is 64.1 Å². The van der Waals surface area contributed by atoms with Crippen LogP contribution in [0.2, 0.25) is 15.1 Å². The third-order valence-corrected chi connectivity index (χ3v) is 4.17. The number of nitrogens with zero attached hydrogens (tertiary/aromatic N) is 1. The predicted octanol–water partition coefficient (Wildman–Crippen LogP) is 5.44. The van der Waals surface area contributed by atoms with E-state index < -0.39 is 5.91 Å². The van der Waals surface area contributed by atoms with Gasteiger partial charge in [0, 0.05) is 15.6 Å². The number of ether oxygens (including phenoxy) is 1. The largest absolute Gasteiger partial charge is 0.484 e. The molecular formula is C19H13Cl3N2O3. The highest BCUT2D eigenvalue weighted by atomic mass is 35.5. The fraction of sp³-hybridized carbons (Fsp3) is 0.0526. The van der Waals surface area contributed by atoms with Crippen LogP contribution in [0, 0.1) is 0 Å². The molecule has 1 heterocycles. The Morgan fingerprint density at radius 2 is 1.89 bits per heavy atom. The lowest BCUT2D eigenvalue weighted by Gasteiger charge is -2.04. The van der Waals surface area contributed by atoms with Gasteiger partial charge in [0.2, 0.25) is 0 Å². The molecule has 1 aromatic heterocycles. The van der Waals surface area contributed by atoms with Gasteiger partial charge in [-0.25, -0.2) is 5.43 Å². The standard InChI is InChI=1S/C19H13Cl3N2O3/c20-12-2-1-3-14(8-12)26-11-19(25)24-23-10-15-5-7-18(27-15)16-9-13(21)4-6-17(16)22/h1-10H,11H2,(H,24,25)/b23-10+. The first-order valence-corrected chi connectivity index (χ1v) is 8.90. The Bertz CT molecular complexity index is 986. The molecule has 0 aliphatic heterocycles. The topological polar surface area (TPSA) is 63.8 Å². The van der Waals surface area contributed by atoms with Crippen molar-refractivity contribution in [3.63, 3.8) is 0 Å². The third-order valence-electron chi connectivity index (χ3n) is 3.37. The Morgan fingerprint density at radius 1 is 1.07 bits per heavy atom. The molecule has 1 amide bonds. The summed E-state index contributed by atoms with van der Waals surface area (Å²) in [5.41, 5.74) is 3.02. The van der Waals surface area contributed by atoms with Crippen molar-refractivity contribution in [3.8, 4) is 17.1 Å². The van der Waals surface area contributed by atoms with Crippen molar-refractivity contribution in [1.82, 2.24) is 5.43 Å². The molecular weight excluding hydrogens is 411 g/mol. The fourth-order valence-electron chi connectivity index (χ4n) is 2.16. The van der Waals surface area contributed by atoms with Gasteiger partial charge < -0.3 is 9.15 Å². The van der Waals surface area contributed by atoms with Crippen LogP contribution in [0.3, 0.4) is 0 Å². The number of hydrazone groups is 1. The maximum Gasteiger partial charge on any atom is 0.277 e. The van der Waals surface area contributed by atoms with Crippen molar-refractivity contribution in [2.45, 2.75) is 0 Å². The summed E-state index contributed by atoms with van der Waals surface area (Å²) >= 11 is 18.0. The Hall–Kier alpha value is -2.47. The van der Waals surface area contributed by atoms with Crippen LogP contribution in [0.4, 0.5) is 0 Å². The van der Waals surface area contributed by atoms with Crippen LogP contribution in [0.5, 0.6) is 5.75 Å². The summed E-state index contributed by atoms with van der Waals surface area (Å²) in [6, 6.07) is 15.3. The maximum absolute atomic E-state index is 11.8. The summed E-state index contributed by atoms with van der Waals surface area (Å²) < 4.78 is 11.0. The zero-order valence-electron chi connectivity index (χ0n) is 13.8. The van der Waals surface area contributed by atoms with Crippen LogP contribution >= 0.6 is 34.8 Å². The molecule has 8 heteroatoms. The number of benzene rings is 2. The van der Waals surface area contributed by atoms with Gasteiger partial charge in [-0.3, -0.25) is 4.79 Å². The molecule has 27 heavy (non-hydrogen) atoms. The van der Waals surface area contributed by atoms with E-state index in [0.29, 0.717) is 37.9 Å². The predicted molar refractivity (Wildman–Crippen MR) is 107 cm³/mol. The molecule has 0 saturated heterocycles. The second kappa shape index (κ2) is 8.95. The van der Waals surface area contributed by atoms with E-state index in [1.165, 1.54) is 6.21 Å². The summed E-state index contributed by atoms with van der Waals surface area (Å²) in [5, 5.41) is 5.43. The number of hydrogen-bond acceptors (Lipinski definition) is 4. The molecule has 1 N–H and O–H groups in total. The average Bonchev–Trinajstić information content (AvgIpc) is 3.11. The first-order chi connectivity index (χ1) is 13.0. The van der Waals surface area contributed by atoms with Crippen molar-refractivity contribution in [1.29, 1.82) is 0 Å². The van der Waals surface area contributed by atoms with Gasteiger partial charge >= 0.3 is 0 Å². The molecule has 0 saturated carbocycles. The number of carbonyl (C=O) groups is 1. The van der Waals surface area contributed by atoms with E-state index in [2.05, 4.69) is 10.5 Å². The summed E-state index contributed by atoms with van der Waals surface area (Å²) in [7, 11) is 0. The van der Waals surface area contributed by atoms with Gasteiger partial charge in [0.15, 0.2) is 6.61 Å². The Labute approximate surface area is 170 Å². The minimum atomic E-state index is -0.420. The second-order valence-electron chi connectivity index (χ2n) is 5.37. The first kappa shape index (κ1) is 19.3. The molecule has 0 aliphatic rings. The van der Waals surface area contributed by atoms with E-state index in [1.807, 2.05) is 0 Å². The van der Waals surface area contributed by atoms with E-state index in [4.69, 9.17) is 44.0 Å². The average molecular weight is 424 g/mol. The van der Waals surface area contributed by atoms with E-state index in [-0.39, 0.29) is 6.61 Å². The van der Waals surface area contributed by atoms with Crippen molar-refractivity contribution in [2.75, 3.05) is 6.61 Å². The molecule has 0 unspecified atom stereocenters. The number of hydrogen-bond donors (Lipinski definition) is 1. The summed E-state index contributed by atoms with van der Waals surface area (Å²) in [4.78, 5) is 11.8. The molecule has 3 rings (SSSR count). The SMILES string of the molecule is O=C(COc1cccc(Cl)c1)N/N=C/c1ccc(-c2cc(Cl)ccc2Cl)o1. The van der Waals surface area contributed by atoms with Crippen LogP contribution in [-0.4, -0.2) is 18.7 Å². The molecule has 0 atom stereocenters. The Balaban J connectivity index is 1.55. The van der Waals surface area contributed by atoms with E-state index >= 15 is 0 Å². The Kier molecular flexibility index (Phi) is 6.40. The van der Waals surface area contributed by atoms with Crippen LogP contribution in [0.1, 0.15) is 5.76 Å². The molecule has 5 nitrogen and oxygen atoms in total. The third kappa shape index (κ3) is 5.50. The lowest BCUT2D eigenvalue weighted by molar-refractivity contribution is -0.123. The molecule has 0 spiro atoms. The smallest absolute Gasteiger partial charge is 0.277 e. The van der Waals surface area contributed by atoms with Crippen LogP contribution < -0.4 is 10.2 Å². The molecule has 138 valence electrons. The van der Waals surface area contributed by atoms with Gasteiger partial charge in [0.25, 0.3) is 5.91 Å². The molecule has 0 bridgehead atoms. The van der Waals surface area contributed by atoms with Crippen molar-refractivity contribution < 1.29 is 13.9 Å². The zero-order valence-corrected chi connectivity index (χ0v) is 16.1. The Morgan fingerprint density at radius 3 is 2.70 bits per heavy atom. The first-order valence-electron chi connectivity index (χ1n) is 7.77. The minimum Gasteiger partial charge on any atom is -0.484 e. The number of amides is 1. The van der Waals surface area contributed by atoms with Gasteiger partial charge in [0.05, 0.1) is 11.2 Å². The summed E-state index contributed by atoms with van der Waals surface area (Å²) in [5.74, 6) is 1.06. The van der Waals surface area contributed by atoms with Gasteiger partial charge in [-0.05, 0) is 48.5 Å². The number of carbonyl (C=O) groups excluding carboxylic acids is 1. The molecule has 2 aromatic carbocycles. The van der Waals surface area contributed by atoms with Gasteiger partial charge in [-0.2, -0.15) is 5.10 Å². The number of nitrogens with one attached hydrogen (secondary N) is 1. The van der Waals surface area contributed by atoms with Gasteiger partial charge in [-0.1, -0.05) is 40.9 Å². The van der Waals surface area contributed by atoms with Gasteiger partial charge in [0.1, 0.15) is 17.3 Å².